The highest BCUT2D eigenvalue weighted by Gasteiger charge is 2.28. The van der Waals surface area contributed by atoms with Crippen LogP contribution < -0.4 is 15.0 Å². The van der Waals surface area contributed by atoms with Crippen molar-refractivity contribution in [3.05, 3.63) is 72.2 Å². The number of anilines is 1. The quantitative estimate of drug-likeness (QED) is 0.477. The molecule has 4 aromatic rings. The lowest BCUT2D eigenvalue weighted by atomic mass is 9.97. The third-order valence-corrected chi connectivity index (χ3v) is 6.31. The van der Waals surface area contributed by atoms with Gasteiger partial charge in [-0.1, -0.05) is 29.8 Å². The van der Waals surface area contributed by atoms with E-state index < -0.39 is 0 Å². The molecule has 174 valence electrons. The van der Waals surface area contributed by atoms with Gasteiger partial charge in [-0.2, -0.15) is 0 Å². The first-order valence-electron chi connectivity index (χ1n) is 11.5. The molecular formula is C26H28N6O2. The number of fused-ring (bicyclic) bond motifs is 1. The molecule has 1 atom stereocenters. The average molecular weight is 457 g/mol. The maximum atomic E-state index is 12.9. The first kappa shape index (κ1) is 21.9. The van der Waals surface area contributed by atoms with Crippen molar-refractivity contribution < 1.29 is 9.53 Å². The van der Waals surface area contributed by atoms with Crippen molar-refractivity contribution in [3.8, 4) is 11.4 Å². The van der Waals surface area contributed by atoms with Gasteiger partial charge in [0.2, 0.25) is 5.91 Å². The fourth-order valence-electron chi connectivity index (χ4n) is 4.37. The van der Waals surface area contributed by atoms with Crippen LogP contribution in [-0.4, -0.2) is 45.9 Å². The number of piperidine rings is 1. The number of carbonyl (C=O) groups excluding carboxylic acids is 1. The number of hydrogen-bond acceptors (Lipinski definition) is 6. The molecule has 3 heterocycles. The maximum absolute atomic E-state index is 12.9. The Morgan fingerprint density at radius 1 is 1.12 bits per heavy atom. The first-order valence-corrected chi connectivity index (χ1v) is 11.5. The van der Waals surface area contributed by atoms with E-state index in [2.05, 4.69) is 44.3 Å². The van der Waals surface area contributed by atoms with Crippen LogP contribution in [0.25, 0.3) is 16.7 Å². The molecular weight excluding hydrogens is 428 g/mol. The molecule has 0 unspecified atom stereocenters. The Morgan fingerprint density at radius 3 is 2.68 bits per heavy atom. The molecule has 1 amide bonds. The van der Waals surface area contributed by atoms with Crippen LogP contribution in [0.2, 0.25) is 0 Å². The minimum Gasteiger partial charge on any atom is -0.497 e. The number of carbonyl (C=O) groups is 1. The zero-order valence-corrected chi connectivity index (χ0v) is 19.4. The molecule has 34 heavy (non-hydrogen) atoms. The molecule has 1 N–H and O–H groups in total. The van der Waals surface area contributed by atoms with E-state index >= 15 is 0 Å². The zero-order chi connectivity index (χ0) is 23.5. The number of rotatable bonds is 6. The number of hydrogen-bond donors (Lipinski definition) is 1. The summed E-state index contributed by atoms with van der Waals surface area (Å²) in [5.41, 5.74) is 3.87. The third-order valence-electron chi connectivity index (χ3n) is 6.31. The van der Waals surface area contributed by atoms with Gasteiger partial charge >= 0.3 is 0 Å². The van der Waals surface area contributed by atoms with Gasteiger partial charge in [-0.25, -0.2) is 14.6 Å². The summed E-state index contributed by atoms with van der Waals surface area (Å²) < 4.78 is 7.03. The molecule has 1 aliphatic rings. The van der Waals surface area contributed by atoms with Gasteiger partial charge in [0.05, 0.1) is 24.1 Å². The summed E-state index contributed by atoms with van der Waals surface area (Å²) in [5, 5.41) is 8.63. The highest BCUT2D eigenvalue weighted by atomic mass is 16.5. The summed E-state index contributed by atoms with van der Waals surface area (Å²) in [7, 11) is 1.64. The molecule has 0 spiro atoms. The number of benzene rings is 2. The number of aromatic nitrogens is 4. The first-order chi connectivity index (χ1) is 16.6. The van der Waals surface area contributed by atoms with E-state index in [1.807, 2.05) is 47.3 Å². The predicted octanol–water partition coefficient (Wildman–Crippen LogP) is 3.67. The van der Waals surface area contributed by atoms with E-state index in [-0.39, 0.29) is 11.8 Å². The number of ether oxygens (including phenoxy) is 1. The lowest BCUT2D eigenvalue weighted by Crippen LogP contribution is -2.43. The summed E-state index contributed by atoms with van der Waals surface area (Å²) in [6.45, 7) is 4.04. The second-order valence-electron chi connectivity index (χ2n) is 8.69. The van der Waals surface area contributed by atoms with E-state index in [4.69, 9.17) is 4.74 Å². The molecule has 0 aliphatic carbocycles. The second-order valence-corrected chi connectivity index (χ2v) is 8.69. The molecule has 2 aromatic carbocycles. The summed E-state index contributed by atoms with van der Waals surface area (Å²) >= 11 is 0. The summed E-state index contributed by atoms with van der Waals surface area (Å²) in [6.07, 6.45) is 5.32. The zero-order valence-electron chi connectivity index (χ0n) is 19.4. The fraction of sp³-hybridized carbons (Fsp3) is 0.308. The largest absolute Gasteiger partial charge is 0.497 e. The molecule has 0 radical (unpaired) electrons. The number of methoxy groups -OCH3 is 1. The highest BCUT2D eigenvalue weighted by molar-refractivity contribution is 5.87. The Kier molecular flexibility index (Phi) is 6.12. The van der Waals surface area contributed by atoms with Gasteiger partial charge in [-0.3, -0.25) is 4.79 Å². The number of aryl methyl sites for hydroxylation is 1. The van der Waals surface area contributed by atoms with Gasteiger partial charge in [0.25, 0.3) is 0 Å². The number of amides is 1. The van der Waals surface area contributed by atoms with Gasteiger partial charge in [-0.05, 0) is 49.6 Å². The van der Waals surface area contributed by atoms with Crippen molar-refractivity contribution in [2.75, 3.05) is 25.1 Å². The van der Waals surface area contributed by atoms with Crippen molar-refractivity contribution in [1.82, 2.24) is 25.1 Å². The van der Waals surface area contributed by atoms with Crippen LogP contribution in [0.3, 0.4) is 0 Å². The number of nitrogens with one attached hydrogen (secondary N) is 1. The summed E-state index contributed by atoms with van der Waals surface area (Å²) in [5.74, 6) is 1.61. The maximum Gasteiger partial charge on any atom is 0.225 e. The van der Waals surface area contributed by atoms with Crippen LogP contribution in [0.1, 0.15) is 24.0 Å². The minimum atomic E-state index is -0.0934. The van der Waals surface area contributed by atoms with Crippen LogP contribution in [0.5, 0.6) is 5.75 Å². The van der Waals surface area contributed by atoms with Gasteiger partial charge in [0, 0.05) is 25.8 Å². The fourth-order valence-corrected chi connectivity index (χ4v) is 4.37. The number of nitrogens with zero attached hydrogens (tertiary/aromatic N) is 5. The minimum absolute atomic E-state index is 0.0705. The lowest BCUT2D eigenvalue weighted by molar-refractivity contribution is -0.125. The molecule has 8 heteroatoms. The van der Waals surface area contributed by atoms with E-state index in [1.165, 1.54) is 5.56 Å². The average Bonchev–Trinajstić information content (AvgIpc) is 3.32. The Bertz CT molecular complexity index is 1280. The molecule has 5 rings (SSSR count). The lowest BCUT2D eigenvalue weighted by Gasteiger charge is -2.33. The standard InChI is InChI=1S/C26H28N6O2/c1-18-5-9-21(10-6-18)32-16-23-24(30-32)28-17-29-25(23)31-13-3-4-20(15-31)26(33)27-14-19-7-11-22(34-2)12-8-19/h5-12,16-17,20H,3-4,13-15H2,1-2H3,(H,27,33)/t20-/m1/s1. The molecule has 0 bridgehead atoms. The van der Waals surface area contributed by atoms with Crippen molar-refractivity contribution >= 4 is 22.8 Å². The summed E-state index contributed by atoms with van der Waals surface area (Å²) in [6, 6.07) is 16.0. The van der Waals surface area contributed by atoms with E-state index in [9.17, 15) is 4.79 Å². The molecule has 8 nitrogen and oxygen atoms in total. The highest BCUT2D eigenvalue weighted by Crippen LogP contribution is 2.28. The second kappa shape index (κ2) is 9.51. The molecule has 1 aliphatic heterocycles. The van der Waals surface area contributed by atoms with Gasteiger partial charge < -0.3 is 15.0 Å². The Hall–Kier alpha value is -3.94. The monoisotopic (exact) mass is 456 g/mol. The van der Waals surface area contributed by atoms with Gasteiger partial charge in [0.1, 0.15) is 17.9 Å². The van der Waals surface area contributed by atoms with Crippen LogP contribution in [-0.2, 0) is 11.3 Å². The van der Waals surface area contributed by atoms with Crippen molar-refractivity contribution in [2.45, 2.75) is 26.3 Å². The Morgan fingerprint density at radius 2 is 1.91 bits per heavy atom. The van der Waals surface area contributed by atoms with Crippen LogP contribution >= 0.6 is 0 Å². The SMILES string of the molecule is COc1ccc(CNC(=O)[C@@H]2CCCN(c3ncnc4nn(-c5ccc(C)cc5)cc34)C2)cc1. The van der Waals surface area contributed by atoms with E-state index in [0.29, 0.717) is 18.7 Å². The van der Waals surface area contributed by atoms with Crippen LogP contribution in [0, 0.1) is 12.8 Å². The van der Waals surface area contributed by atoms with Gasteiger partial charge in [0.15, 0.2) is 5.65 Å². The van der Waals surface area contributed by atoms with E-state index in [0.717, 1.165) is 47.6 Å². The smallest absolute Gasteiger partial charge is 0.225 e. The predicted molar refractivity (Wildman–Crippen MR) is 131 cm³/mol. The van der Waals surface area contributed by atoms with E-state index in [1.54, 1.807) is 13.4 Å². The normalized spacial score (nSPS) is 15.9. The molecule has 0 saturated carbocycles. The van der Waals surface area contributed by atoms with Gasteiger partial charge in [-0.15, -0.1) is 5.10 Å². The topological polar surface area (TPSA) is 85.2 Å². The Balaban J connectivity index is 1.30. The Labute approximate surface area is 198 Å². The molecule has 2 aromatic heterocycles. The third kappa shape index (κ3) is 4.57. The molecule has 1 fully saturated rings. The van der Waals surface area contributed by atoms with Crippen molar-refractivity contribution in [3.63, 3.8) is 0 Å². The van der Waals surface area contributed by atoms with Crippen LogP contribution in [0.4, 0.5) is 5.82 Å². The summed E-state index contributed by atoms with van der Waals surface area (Å²) in [4.78, 5) is 24.1. The molecule has 1 saturated heterocycles. The van der Waals surface area contributed by atoms with Crippen molar-refractivity contribution in [2.24, 2.45) is 5.92 Å². The van der Waals surface area contributed by atoms with Crippen molar-refractivity contribution in [1.29, 1.82) is 0 Å². The van der Waals surface area contributed by atoms with Crippen LogP contribution in [0.15, 0.2) is 61.1 Å².